The van der Waals surface area contributed by atoms with Gasteiger partial charge in [-0.1, -0.05) is 12.1 Å². The predicted molar refractivity (Wildman–Crippen MR) is 95.5 cm³/mol. The van der Waals surface area contributed by atoms with Crippen molar-refractivity contribution < 1.29 is 32.2 Å². The van der Waals surface area contributed by atoms with Crippen LogP contribution in [-0.4, -0.2) is 37.3 Å². The van der Waals surface area contributed by atoms with Crippen molar-refractivity contribution in [1.82, 2.24) is 16.2 Å². The molecule has 2 aromatic rings. The quantitative estimate of drug-likeness (QED) is 0.524. The van der Waals surface area contributed by atoms with Crippen molar-refractivity contribution in [2.45, 2.75) is 18.6 Å². The molecule has 1 saturated heterocycles. The average molecular weight is 413 g/mol. The highest BCUT2D eigenvalue weighted by molar-refractivity contribution is 5.95. The molecule has 6 nitrogen and oxygen atoms in total. The second kappa shape index (κ2) is 9.21. The molecule has 3 rings (SSSR count). The minimum absolute atomic E-state index is 0.0569. The molecule has 0 aliphatic carbocycles. The third-order valence-corrected chi connectivity index (χ3v) is 4.59. The van der Waals surface area contributed by atoms with E-state index < -0.39 is 42.4 Å². The van der Waals surface area contributed by atoms with E-state index in [9.17, 15) is 27.5 Å². The van der Waals surface area contributed by atoms with Gasteiger partial charge in [0.1, 0.15) is 17.4 Å². The van der Waals surface area contributed by atoms with Crippen molar-refractivity contribution in [3.8, 4) is 5.75 Å². The van der Waals surface area contributed by atoms with Crippen molar-refractivity contribution in [1.29, 1.82) is 0 Å². The highest BCUT2D eigenvalue weighted by atomic mass is 19.3. The molecular formula is C19H19F4N3O3. The first-order chi connectivity index (χ1) is 13.9. The van der Waals surface area contributed by atoms with Crippen LogP contribution in [0.3, 0.4) is 0 Å². The molecule has 4 N–H and O–H groups in total. The van der Waals surface area contributed by atoms with Crippen LogP contribution in [0, 0.1) is 11.6 Å². The fourth-order valence-corrected chi connectivity index (χ4v) is 3.19. The number of nitrogens with one attached hydrogen (secondary N) is 3. The zero-order valence-electron chi connectivity index (χ0n) is 15.1. The first-order valence-electron chi connectivity index (χ1n) is 8.80. The SMILES string of the molecule is O=C(N[C@H](CO)c1c(F)cccc1F)c1ccc(C2CNNC2)c(OC(F)F)c1. The number of halogens is 4. The van der Waals surface area contributed by atoms with Gasteiger partial charge in [-0.05, 0) is 24.3 Å². The summed E-state index contributed by atoms with van der Waals surface area (Å²) in [6, 6.07) is 5.83. The highest BCUT2D eigenvalue weighted by Gasteiger charge is 2.25. The lowest BCUT2D eigenvalue weighted by atomic mass is 9.97. The number of benzene rings is 2. The maximum absolute atomic E-state index is 14.0. The zero-order chi connectivity index (χ0) is 21.0. The van der Waals surface area contributed by atoms with Gasteiger partial charge in [0.05, 0.1) is 12.6 Å². The topological polar surface area (TPSA) is 82.6 Å². The van der Waals surface area contributed by atoms with Crippen LogP contribution in [-0.2, 0) is 0 Å². The number of carbonyl (C=O) groups is 1. The van der Waals surface area contributed by atoms with Gasteiger partial charge < -0.3 is 15.2 Å². The first-order valence-corrected chi connectivity index (χ1v) is 8.80. The molecule has 1 amide bonds. The number of alkyl halides is 2. The van der Waals surface area contributed by atoms with Crippen molar-refractivity contribution in [3.05, 3.63) is 64.7 Å². The highest BCUT2D eigenvalue weighted by Crippen LogP contribution is 2.30. The molecule has 0 spiro atoms. The second-order valence-corrected chi connectivity index (χ2v) is 6.43. The number of carbonyl (C=O) groups excluding carboxylic acids is 1. The van der Waals surface area contributed by atoms with Crippen molar-refractivity contribution in [3.63, 3.8) is 0 Å². The summed E-state index contributed by atoms with van der Waals surface area (Å²) < 4.78 is 58.1. The molecule has 1 atom stereocenters. The molecule has 2 aromatic carbocycles. The van der Waals surface area contributed by atoms with E-state index in [0.29, 0.717) is 18.7 Å². The van der Waals surface area contributed by atoms with E-state index in [4.69, 9.17) is 0 Å². The summed E-state index contributed by atoms with van der Waals surface area (Å²) in [4.78, 5) is 12.5. The van der Waals surface area contributed by atoms with Gasteiger partial charge in [-0.15, -0.1) is 0 Å². The lowest BCUT2D eigenvalue weighted by molar-refractivity contribution is -0.0506. The van der Waals surface area contributed by atoms with Crippen LogP contribution < -0.4 is 20.9 Å². The first kappa shape index (κ1) is 21.0. The van der Waals surface area contributed by atoms with E-state index >= 15 is 0 Å². The van der Waals surface area contributed by atoms with Crippen LogP contribution in [0.15, 0.2) is 36.4 Å². The van der Waals surface area contributed by atoms with E-state index in [1.807, 2.05) is 0 Å². The molecule has 1 heterocycles. The number of hydrogen-bond acceptors (Lipinski definition) is 5. The van der Waals surface area contributed by atoms with Gasteiger partial charge in [0, 0.05) is 35.7 Å². The number of hydrazine groups is 1. The normalized spacial score (nSPS) is 15.5. The Labute approximate surface area is 163 Å². The molecule has 156 valence electrons. The summed E-state index contributed by atoms with van der Waals surface area (Å²) in [6.07, 6.45) is 0. The van der Waals surface area contributed by atoms with E-state index in [0.717, 1.165) is 24.3 Å². The Hall–Kier alpha value is -2.69. The molecule has 0 aromatic heterocycles. The smallest absolute Gasteiger partial charge is 0.387 e. The Morgan fingerprint density at radius 3 is 2.41 bits per heavy atom. The Balaban J connectivity index is 1.86. The van der Waals surface area contributed by atoms with Crippen LogP contribution in [0.25, 0.3) is 0 Å². The maximum Gasteiger partial charge on any atom is 0.387 e. The Bertz CT molecular complexity index is 856. The maximum atomic E-state index is 14.0. The van der Waals surface area contributed by atoms with E-state index in [-0.39, 0.29) is 17.2 Å². The van der Waals surface area contributed by atoms with E-state index in [1.54, 1.807) is 0 Å². The van der Waals surface area contributed by atoms with Gasteiger partial charge in [-0.2, -0.15) is 8.78 Å². The van der Waals surface area contributed by atoms with Gasteiger partial charge in [0.2, 0.25) is 0 Å². The summed E-state index contributed by atoms with van der Waals surface area (Å²) in [6.45, 7) is -2.87. The van der Waals surface area contributed by atoms with Crippen LogP contribution in [0.2, 0.25) is 0 Å². The Morgan fingerprint density at radius 2 is 1.83 bits per heavy atom. The minimum Gasteiger partial charge on any atom is -0.435 e. The summed E-state index contributed by atoms with van der Waals surface area (Å²) in [7, 11) is 0. The number of rotatable bonds is 7. The summed E-state index contributed by atoms with van der Waals surface area (Å²) >= 11 is 0. The fourth-order valence-electron chi connectivity index (χ4n) is 3.19. The molecule has 0 radical (unpaired) electrons. The van der Waals surface area contributed by atoms with E-state index in [1.165, 1.54) is 12.1 Å². The number of hydrogen-bond donors (Lipinski definition) is 4. The minimum atomic E-state index is -3.09. The van der Waals surface area contributed by atoms with Crippen LogP contribution in [0.5, 0.6) is 5.75 Å². The summed E-state index contributed by atoms with van der Waals surface area (Å²) in [5.41, 5.74) is 5.69. The molecule has 0 unspecified atom stereocenters. The van der Waals surface area contributed by atoms with Gasteiger partial charge >= 0.3 is 6.61 Å². The predicted octanol–water partition coefficient (Wildman–Crippen LogP) is 2.22. The zero-order valence-corrected chi connectivity index (χ0v) is 15.1. The summed E-state index contributed by atoms with van der Waals surface area (Å²) in [5.74, 6) is -2.97. The molecule has 10 heteroatoms. The van der Waals surface area contributed by atoms with E-state index in [2.05, 4.69) is 20.9 Å². The molecular weight excluding hydrogens is 394 g/mol. The van der Waals surface area contributed by atoms with Gasteiger partial charge in [-0.3, -0.25) is 15.6 Å². The van der Waals surface area contributed by atoms with Gasteiger partial charge in [0.25, 0.3) is 5.91 Å². The number of aliphatic hydroxyl groups is 1. The third kappa shape index (κ3) is 4.84. The number of amides is 1. The van der Waals surface area contributed by atoms with Crippen molar-refractivity contribution >= 4 is 5.91 Å². The fraction of sp³-hybridized carbons (Fsp3) is 0.316. The Morgan fingerprint density at radius 1 is 1.17 bits per heavy atom. The second-order valence-electron chi connectivity index (χ2n) is 6.43. The van der Waals surface area contributed by atoms with Crippen LogP contribution >= 0.6 is 0 Å². The average Bonchev–Trinajstić information content (AvgIpc) is 3.20. The molecule has 1 aliphatic rings. The van der Waals surface area contributed by atoms with Gasteiger partial charge in [0.15, 0.2) is 0 Å². The van der Waals surface area contributed by atoms with Crippen molar-refractivity contribution in [2.24, 2.45) is 0 Å². The lowest BCUT2D eigenvalue weighted by Gasteiger charge is -2.19. The molecule has 29 heavy (non-hydrogen) atoms. The Kier molecular flexibility index (Phi) is 6.68. The monoisotopic (exact) mass is 413 g/mol. The lowest BCUT2D eigenvalue weighted by Crippen LogP contribution is -2.32. The number of aliphatic hydroxyl groups excluding tert-OH is 1. The molecule has 1 aliphatic heterocycles. The molecule has 1 fully saturated rings. The van der Waals surface area contributed by atoms with Gasteiger partial charge in [-0.25, -0.2) is 8.78 Å². The number of ether oxygens (including phenoxy) is 1. The van der Waals surface area contributed by atoms with Crippen molar-refractivity contribution in [2.75, 3.05) is 19.7 Å². The summed E-state index contributed by atoms with van der Waals surface area (Å²) in [5, 5.41) is 11.8. The largest absolute Gasteiger partial charge is 0.435 e. The molecule has 0 saturated carbocycles. The van der Waals surface area contributed by atoms with Crippen LogP contribution in [0.4, 0.5) is 17.6 Å². The third-order valence-electron chi connectivity index (χ3n) is 4.59. The molecule has 0 bridgehead atoms. The standard InChI is InChI=1S/C19H19F4N3O3/c20-13-2-1-3-14(21)17(13)15(9-27)26-18(28)10-4-5-12(11-7-24-25-8-11)16(6-10)29-19(22)23/h1-6,11,15,19,24-25,27H,7-9H2,(H,26,28)/t15-/m1/s1. The van der Waals surface area contributed by atoms with Crippen LogP contribution in [0.1, 0.15) is 33.4 Å².